The number of hydrogen-bond donors (Lipinski definition) is 8. The maximum absolute atomic E-state index is 12.3. The average Bonchev–Trinajstić information content (AvgIpc) is 2.61. The predicted molar refractivity (Wildman–Crippen MR) is 94.8 cm³/mol. The van der Waals surface area contributed by atoms with Crippen LogP contribution in [-0.2, 0) is 28.8 Å². The lowest BCUT2D eigenvalue weighted by molar-refractivity contribution is -0.142. The monoisotopic (exact) mass is 419 g/mol. The fraction of sp³-hybridized carbons (Fsp3) is 0.600. The lowest BCUT2D eigenvalue weighted by Gasteiger charge is -2.23. The highest BCUT2D eigenvalue weighted by Crippen LogP contribution is 2.01. The molecule has 0 aliphatic carbocycles. The molecule has 10 N–H and O–H groups in total. The first-order chi connectivity index (χ1) is 13.4. The first-order valence-electron chi connectivity index (χ1n) is 8.39. The van der Waals surface area contributed by atoms with Crippen LogP contribution < -0.4 is 27.4 Å². The van der Waals surface area contributed by atoms with Gasteiger partial charge in [0, 0.05) is 6.42 Å². The summed E-state index contributed by atoms with van der Waals surface area (Å²) in [4.78, 5) is 68.7. The number of carbonyl (C=O) groups excluding carboxylic acids is 4. The first-order valence-corrected chi connectivity index (χ1v) is 8.39. The molecule has 0 aromatic carbocycles. The Kier molecular flexibility index (Phi) is 10.9. The first kappa shape index (κ1) is 25.7. The van der Waals surface area contributed by atoms with E-state index in [1.165, 1.54) is 0 Å². The van der Waals surface area contributed by atoms with Gasteiger partial charge in [-0.3, -0.25) is 28.8 Å². The topological polar surface area (TPSA) is 251 Å². The maximum Gasteiger partial charge on any atom is 0.325 e. The summed E-state index contributed by atoms with van der Waals surface area (Å²) < 4.78 is 0. The second-order valence-corrected chi connectivity index (χ2v) is 6.08. The molecule has 14 heteroatoms. The van der Waals surface area contributed by atoms with Crippen LogP contribution in [-0.4, -0.2) is 81.7 Å². The quantitative estimate of drug-likeness (QED) is 0.142. The number of amides is 4. The van der Waals surface area contributed by atoms with Gasteiger partial charge in [-0.15, -0.1) is 0 Å². The molecule has 14 nitrogen and oxygen atoms in total. The number of aliphatic hydroxyl groups is 1. The Labute approximate surface area is 165 Å². The van der Waals surface area contributed by atoms with Crippen LogP contribution in [0.3, 0.4) is 0 Å². The molecule has 0 aliphatic heterocycles. The highest BCUT2D eigenvalue weighted by Gasteiger charge is 2.29. The Hall–Kier alpha value is -3.26. The second-order valence-electron chi connectivity index (χ2n) is 6.08. The molecular formula is C15H25N5O9. The van der Waals surface area contributed by atoms with Crippen LogP contribution in [0, 0.1) is 0 Å². The molecule has 164 valence electrons. The number of nitrogens with two attached hydrogens (primary N) is 2. The summed E-state index contributed by atoms with van der Waals surface area (Å²) in [5.74, 6) is -6.48. The number of hydrogen-bond acceptors (Lipinski definition) is 8. The third-order valence-corrected chi connectivity index (χ3v) is 3.58. The van der Waals surface area contributed by atoms with E-state index in [0.29, 0.717) is 0 Å². The Bertz CT molecular complexity index is 654. The minimum Gasteiger partial charge on any atom is -0.481 e. The van der Waals surface area contributed by atoms with Crippen LogP contribution in [0.15, 0.2) is 0 Å². The van der Waals surface area contributed by atoms with E-state index in [1.54, 1.807) is 0 Å². The van der Waals surface area contributed by atoms with Crippen LogP contribution in [0.2, 0.25) is 0 Å². The summed E-state index contributed by atoms with van der Waals surface area (Å²) in [6.07, 6.45) is -1.42. The molecule has 4 amide bonds. The summed E-state index contributed by atoms with van der Waals surface area (Å²) in [5, 5.41) is 33.2. The molecule has 0 heterocycles. The van der Waals surface area contributed by atoms with Gasteiger partial charge in [-0.2, -0.15) is 0 Å². The summed E-state index contributed by atoms with van der Waals surface area (Å²) in [7, 11) is 0. The number of aliphatic hydroxyl groups excluding tert-OH is 1. The minimum atomic E-state index is -1.57. The van der Waals surface area contributed by atoms with Gasteiger partial charge in [0.05, 0.1) is 19.1 Å². The van der Waals surface area contributed by atoms with E-state index in [0.717, 1.165) is 6.92 Å². The van der Waals surface area contributed by atoms with Gasteiger partial charge in [-0.1, -0.05) is 0 Å². The van der Waals surface area contributed by atoms with Gasteiger partial charge >= 0.3 is 11.9 Å². The number of carboxylic acid groups (broad SMARTS) is 2. The van der Waals surface area contributed by atoms with E-state index in [9.17, 15) is 33.9 Å². The lowest BCUT2D eigenvalue weighted by atomic mass is 10.1. The Morgan fingerprint density at radius 1 is 0.897 bits per heavy atom. The van der Waals surface area contributed by atoms with Crippen molar-refractivity contribution in [1.29, 1.82) is 0 Å². The number of carbonyl (C=O) groups is 6. The van der Waals surface area contributed by atoms with Crippen molar-refractivity contribution in [2.75, 3.05) is 6.61 Å². The summed E-state index contributed by atoms with van der Waals surface area (Å²) in [6.45, 7) is 0.257. The van der Waals surface area contributed by atoms with E-state index in [-0.39, 0.29) is 6.42 Å². The molecule has 0 rings (SSSR count). The van der Waals surface area contributed by atoms with Gasteiger partial charge in [-0.25, -0.2) is 0 Å². The van der Waals surface area contributed by atoms with Crippen LogP contribution in [0.1, 0.15) is 26.2 Å². The normalized spacial score (nSPS) is 14.6. The third kappa shape index (κ3) is 10.0. The summed E-state index contributed by atoms with van der Waals surface area (Å²) in [6, 6.07) is -5.71. The SMILES string of the molecule is CC(NC(=O)C(CCC(=O)O)NC(=O)C(CO)NC(=O)C(N)CC(N)=O)C(=O)O. The van der Waals surface area contributed by atoms with Crippen molar-refractivity contribution in [2.45, 2.75) is 50.4 Å². The van der Waals surface area contributed by atoms with Gasteiger partial charge in [0.15, 0.2) is 0 Å². The van der Waals surface area contributed by atoms with E-state index in [1.807, 2.05) is 0 Å². The van der Waals surface area contributed by atoms with Crippen molar-refractivity contribution in [2.24, 2.45) is 11.5 Å². The molecule has 0 saturated heterocycles. The number of carboxylic acids is 2. The van der Waals surface area contributed by atoms with E-state index < -0.39 is 79.2 Å². The molecule has 0 saturated carbocycles. The molecule has 0 radical (unpaired) electrons. The third-order valence-electron chi connectivity index (χ3n) is 3.58. The lowest BCUT2D eigenvalue weighted by Crippen LogP contribution is -2.58. The molecule has 0 aliphatic rings. The highest BCUT2D eigenvalue weighted by molar-refractivity contribution is 5.95. The molecular weight excluding hydrogens is 394 g/mol. The van der Waals surface area contributed by atoms with Crippen LogP contribution >= 0.6 is 0 Å². The molecule has 29 heavy (non-hydrogen) atoms. The van der Waals surface area contributed by atoms with Gasteiger partial charge < -0.3 is 42.7 Å². The smallest absolute Gasteiger partial charge is 0.325 e. The van der Waals surface area contributed by atoms with Crippen LogP contribution in [0.4, 0.5) is 0 Å². The molecule has 0 aromatic heterocycles. The zero-order chi connectivity index (χ0) is 22.7. The van der Waals surface area contributed by atoms with Crippen LogP contribution in [0.25, 0.3) is 0 Å². The number of nitrogens with one attached hydrogen (secondary N) is 3. The minimum absolute atomic E-state index is 0.382. The van der Waals surface area contributed by atoms with Gasteiger partial charge in [0.2, 0.25) is 23.6 Å². The highest BCUT2D eigenvalue weighted by atomic mass is 16.4. The predicted octanol–water partition coefficient (Wildman–Crippen LogP) is -4.39. The van der Waals surface area contributed by atoms with Crippen molar-refractivity contribution in [3.05, 3.63) is 0 Å². The van der Waals surface area contributed by atoms with Gasteiger partial charge in [0.1, 0.15) is 18.1 Å². The molecule has 4 unspecified atom stereocenters. The average molecular weight is 419 g/mol. The fourth-order valence-electron chi connectivity index (χ4n) is 1.97. The van der Waals surface area contributed by atoms with E-state index >= 15 is 0 Å². The number of aliphatic carboxylic acids is 2. The second kappa shape index (κ2) is 12.2. The molecule has 0 spiro atoms. The molecule has 0 bridgehead atoms. The largest absolute Gasteiger partial charge is 0.481 e. The summed E-state index contributed by atoms with van der Waals surface area (Å²) >= 11 is 0. The van der Waals surface area contributed by atoms with Gasteiger partial charge in [0.25, 0.3) is 0 Å². The van der Waals surface area contributed by atoms with Gasteiger partial charge in [-0.05, 0) is 13.3 Å². The molecule has 0 aromatic rings. The van der Waals surface area contributed by atoms with Crippen molar-refractivity contribution in [1.82, 2.24) is 16.0 Å². The summed E-state index contributed by atoms with van der Waals surface area (Å²) in [5.41, 5.74) is 10.3. The van der Waals surface area contributed by atoms with E-state index in [4.69, 9.17) is 21.7 Å². The van der Waals surface area contributed by atoms with Crippen molar-refractivity contribution in [3.8, 4) is 0 Å². The Balaban J connectivity index is 5.15. The number of rotatable bonds is 13. The van der Waals surface area contributed by atoms with E-state index in [2.05, 4.69) is 16.0 Å². The van der Waals surface area contributed by atoms with Crippen molar-refractivity contribution >= 4 is 35.6 Å². The zero-order valence-corrected chi connectivity index (χ0v) is 15.6. The standard InChI is InChI=1S/C15H25N5O9/c1-6(15(28)29)18-13(26)8(2-3-11(23)24)19-14(27)9(5-21)20-12(25)7(16)4-10(17)22/h6-9,21H,2-5,16H2,1H3,(H2,17,22)(H,18,26)(H,19,27)(H,20,25)(H,23,24)(H,28,29). The molecule has 0 fully saturated rings. The fourth-order valence-corrected chi connectivity index (χ4v) is 1.97. The van der Waals surface area contributed by atoms with Crippen LogP contribution in [0.5, 0.6) is 0 Å². The Morgan fingerprint density at radius 2 is 1.41 bits per heavy atom. The zero-order valence-electron chi connectivity index (χ0n) is 15.6. The maximum atomic E-state index is 12.3. The Morgan fingerprint density at radius 3 is 1.86 bits per heavy atom. The number of primary amides is 1. The molecule has 4 atom stereocenters. The van der Waals surface area contributed by atoms with Crippen molar-refractivity contribution < 1.29 is 44.1 Å². The van der Waals surface area contributed by atoms with Crippen molar-refractivity contribution in [3.63, 3.8) is 0 Å².